The molecule has 0 spiro atoms. The van der Waals surface area contributed by atoms with Crippen LogP contribution in [0.15, 0.2) is 34.9 Å². The molecule has 0 unspecified atom stereocenters. The number of ketones is 1. The zero-order chi connectivity index (χ0) is 26.2. The Morgan fingerprint density at radius 3 is 2.64 bits per heavy atom. The zero-order valence-corrected chi connectivity index (χ0v) is 19.4. The largest absolute Gasteiger partial charge is 0.377 e. The smallest absolute Gasteiger partial charge is 0.156 e. The van der Waals surface area contributed by atoms with Gasteiger partial charge in [0.25, 0.3) is 0 Å². The molecule has 0 bridgehead atoms. The minimum atomic E-state index is -2.49. The molecule has 1 N–H and O–H groups in total. The standard InChI is InChI=1S/C29H32F2O2/c1-5-10-29(33)16(2)11-24-22-8-6-18-12-20(32)7-9-21(18)27(22)23(15-28(24,29)4)19-13-25(30)17(3)26(31)14-19/h12-14,16,22-24,33H,6-9,11,15H2,1-4H3/t16-,22+,23-,24+,28+,29+/m1/s1/i1D3. The summed E-state index contributed by atoms with van der Waals surface area (Å²) >= 11 is 0. The number of hydrogen-bond acceptors (Lipinski definition) is 2. The maximum absolute atomic E-state index is 14.8. The van der Waals surface area contributed by atoms with Crippen molar-refractivity contribution in [3.05, 3.63) is 57.7 Å². The number of fused-ring (bicyclic) bond motifs is 4. The van der Waals surface area contributed by atoms with E-state index in [9.17, 15) is 18.7 Å². The maximum Gasteiger partial charge on any atom is 0.156 e. The van der Waals surface area contributed by atoms with E-state index < -0.39 is 29.5 Å². The predicted octanol–water partition coefficient (Wildman–Crippen LogP) is 6.17. The number of halogens is 2. The van der Waals surface area contributed by atoms with Crippen molar-refractivity contribution in [1.82, 2.24) is 0 Å². The molecule has 4 aliphatic carbocycles. The van der Waals surface area contributed by atoms with Crippen molar-refractivity contribution < 1.29 is 22.8 Å². The van der Waals surface area contributed by atoms with Gasteiger partial charge in [0, 0.05) is 27.4 Å². The fourth-order valence-corrected chi connectivity index (χ4v) is 7.52. The van der Waals surface area contributed by atoms with Gasteiger partial charge in [0.1, 0.15) is 17.2 Å². The molecule has 2 saturated carbocycles. The van der Waals surface area contributed by atoms with Gasteiger partial charge in [-0.05, 0) is 98.6 Å². The molecule has 1 aromatic rings. The second kappa shape index (κ2) is 7.64. The summed E-state index contributed by atoms with van der Waals surface area (Å²) in [5.41, 5.74) is 1.49. The van der Waals surface area contributed by atoms with Crippen LogP contribution < -0.4 is 0 Å². The second-order valence-corrected chi connectivity index (χ2v) is 10.8. The highest BCUT2D eigenvalue weighted by Gasteiger charge is 2.65. The molecule has 1 aromatic carbocycles. The quantitative estimate of drug-likeness (QED) is 0.516. The molecule has 0 amide bonds. The van der Waals surface area contributed by atoms with Crippen molar-refractivity contribution >= 4 is 5.78 Å². The first-order valence-electron chi connectivity index (χ1n) is 13.4. The molecule has 5 rings (SSSR count). The Hall–Kier alpha value is -2.25. The summed E-state index contributed by atoms with van der Waals surface area (Å²) in [6.45, 7) is 2.81. The van der Waals surface area contributed by atoms with E-state index in [0.717, 1.165) is 29.6 Å². The summed E-state index contributed by atoms with van der Waals surface area (Å²) < 4.78 is 52.3. The fraction of sp³-hybridized carbons (Fsp3) is 0.552. The topological polar surface area (TPSA) is 37.3 Å². The zero-order valence-electron chi connectivity index (χ0n) is 22.4. The van der Waals surface area contributed by atoms with Gasteiger partial charge in [-0.25, -0.2) is 8.78 Å². The van der Waals surface area contributed by atoms with Crippen LogP contribution in [-0.2, 0) is 4.79 Å². The summed E-state index contributed by atoms with van der Waals surface area (Å²) in [5.74, 6) is 3.47. The molecular weight excluding hydrogens is 418 g/mol. The van der Waals surface area contributed by atoms with E-state index in [-0.39, 0.29) is 35.0 Å². The van der Waals surface area contributed by atoms with Gasteiger partial charge >= 0.3 is 0 Å². The highest BCUT2D eigenvalue weighted by molar-refractivity contribution is 5.93. The number of benzene rings is 1. The number of aliphatic hydroxyl groups is 1. The van der Waals surface area contributed by atoms with Crippen molar-refractivity contribution in [2.24, 2.45) is 23.2 Å². The number of rotatable bonds is 1. The van der Waals surface area contributed by atoms with Crippen molar-refractivity contribution in [3.63, 3.8) is 0 Å². The van der Waals surface area contributed by atoms with Gasteiger partial charge in [0.05, 0.1) is 0 Å². The Kier molecular flexibility index (Phi) is 4.42. The van der Waals surface area contributed by atoms with Crippen LogP contribution in [0.1, 0.15) is 80.4 Å². The first-order valence-corrected chi connectivity index (χ1v) is 11.9. The van der Waals surface area contributed by atoms with Crippen LogP contribution in [-0.4, -0.2) is 16.5 Å². The van der Waals surface area contributed by atoms with E-state index in [0.29, 0.717) is 31.2 Å². The lowest BCUT2D eigenvalue weighted by Gasteiger charge is -2.54. The lowest BCUT2D eigenvalue weighted by molar-refractivity contribution is -0.114. The van der Waals surface area contributed by atoms with Crippen molar-refractivity contribution in [1.29, 1.82) is 0 Å². The third kappa shape index (κ3) is 3.12. The summed E-state index contributed by atoms with van der Waals surface area (Å²) in [4.78, 5) is 12.2. The molecule has 2 fully saturated rings. The molecule has 174 valence electrons. The van der Waals surface area contributed by atoms with Gasteiger partial charge in [0.15, 0.2) is 5.78 Å². The SMILES string of the molecule is [2H]C([2H])([2H])C#C[C@]1(O)[C@H](C)C[C@H]2[C@@H]3CCC4=CC(=O)CCC4=C3[C@@H](c3cc(F)c(C)c(F)c3)C[C@@]21C. The molecule has 33 heavy (non-hydrogen) atoms. The molecule has 0 aromatic heterocycles. The molecule has 2 nitrogen and oxygen atoms in total. The van der Waals surface area contributed by atoms with Crippen LogP contribution in [0.25, 0.3) is 0 Å². The normalized spacial score (nSPS) is 39.3. The summed E-state index contributed by atoms with van der Waals surface area (Å²) in [5, 5.41) is 12.0. The monoisotopic (exact) mass is 453 g/mol. The van der Waals surface area contributed by atoms with Gasteiger partial charge < -0.3 is 5.11 Å². The van der Waals surface area contributed by atoms with Crippen LogP contribution >= 0.6 is 0 Å². The second-order valence-electron chi connectivity index (χ2n) is 10.8. The molecule has 0 heterocycles. The highest BCUT2D eigenvalue weighted by Crippen LogP contribution is 2.68. The van der Waals surface area contributed by atoms with Gasteiger partial charge in [-0.15, -0.1) is 5.92 Å². The van der Waals surface area contributed by atoms with E-state index in [1.165, 1.54) is 19.1 Å². The molecule has 4 heteroatoms. The third-order valence-corrected chi connectivity index (χ3v) is 9.27. The third-order valence-electron chi connectivity index (χ3n) is 9.27. The first kappa shape index (κ1) is 19.1. The highest BCUT2D eigenvalue weighted by atomic mass is 19.1. The Labute approximate surface area is 199 Å². The molecule has 0 aliphatic heterocycles. The summed E-state index contributed by atoms with van der Waals surface area (Å²) in [7, 11) is 0. The van der Waals surface area contributed by atoms with Crippen LogP contribution in [0.3, 0.4) is 0 Å². The number of carbonyl (C=O) groups is 1. The Morgan fingerprint density at radius 2 is 1.94 bits per heavy atom. The van der Waals surface area contributed by atoms with Gasteiger partial charge in [-0.2, -0.15) is 0 Å². The van der Waals surface area contributed by atoms with Gasteiger partial charge in [-0.1, -0.05) is 25.3 Å². The average Bonchev–Trinajstić information content (AvgIpc) is 3.00. The molecule has 0 saturated heterocycles. The fourth-order valence-electron chi connectivity index (χ4n) is 7.52. The molecule has 0 radical (unpaired) electrons. The Balaban J connectivity index is 1.72. The van der Waals surface area contributed by atoms with E-state index in [2.05, 4.69) is 11.8 Å². The maximum atomic E-state index is 14.8. The molecule has 6 atom stereocenters. The Morgan fingerprint density at radius 1 is 1.21 bits per heavy atom. The van der Waals surface area contributed by atoms with E-state index >= 15 is 0 Å². The lowest BCUT2D eigenvalue weighted by atomic mass is 9.51. The minimum Gasteiger partial charge on any atom is -0.377 e. The van der Waals surface area contributed by atoms with Crippen LogP contribution in [0.2, 0.25) is 0 Å². The van der Waals surface area contributed by atoms with Gasteiger partial charge in [0.2, 0.25) is 0 Å². The Bertz CT molecular complexity index is 1240. The van der Waals surface area contributed by atoms with Crippen LogP contribution in [0.5, 0.6) is 0 Å². The lowest BCUT2D eigenvalue weighted by Crippen LogP contribution is -2.52. The van der Waals surface area contributed by atoms with Crippen molar-refractivity contribution in [2.75, 3.05) is 0 Å². The molecule has 4 aliphatic rings. The number of allylic oxidation sites excluding steroid dienone is 4. The predicted molar refractivity (Wildman–Crippen MR) is 124 cm³/mol. The van der Waals surface area contributed by atoms with Crippen LogP contribution in [0, 0.1) is 53.6 Å². The van der Waals surface area contributed by atoms with Crippen molar-refractivity contribution in [2.45, 2.75) is 77.7 Å². The van der Waals surface area contributed by atoms with E-state index in [1.54, 1.807) is 6.08 Å². The molecular formula is C29H32F2O2. The average molecular weight is 454 g/mol. The summed E-state index contributed by atoms with van der Waals surface area (Å²) in [6, 6.07) is 2.80. The summed E-state index contributed by atoms with van der Waals surface area (Å²) in [6.07, 6.45) is 5.38. The number of carbonyl (C=O) groups excluding carboxylic acids is 1. The first-order chi connectivity index (χ1) is 16.7. The van der Waals surface area contributed by atoms with Crippen molar-refractivity contribution in [3.8, 4) is 11.8 Å². The van der Waals surface area contributed by atoms with E-state index in [4.69, 9.17) is 4.11 Å². The number of hydrogen-bond donors (Lipinski definition) is 1. The van der Waals surface area contributed by atoms with Gasteiger partial charge in [-0.3, -0.25) is 4.79 Å². The van der Waals surface area contributed by atoms with E-state index in [1.807, 2.05) is 13.8 Å². The van der Waals surface area contributed by atoms with Crippen LogP contribution in [0.4, 0.5) is 8.78 Å². The minimum absolute atomic E-state index is 0.0325.